The maximum Gasteiger partial charge on any atom is 0.330 e. The quantitative estimate of drug-likeness (QED) is 0.223. The molecule has 0 spiro atoms. The molecule has 1 fully saturated rings. The summed E-state index contributed by atoms with van der Waals surface area (Å²) >= 11 is 0. The monoisotopic (exact) mass is 543 g/mol. The molecule has 4 atom stereocenters. The SMILES string of the molecule is C=CCOP(OC[C@H]1O[C@@H](n2cc(C)c(=O)[nH]c2=O)C[C@@H]1O[Si](C)(C)C(C)(C)C)N(C(C)C)C(C)C. The third-order valence-corrected chi connectivity index (χ3v) is 13.3. The molecule has 1 N–H and O–H groups in total. The van der Waals surface area contributed by atoms with Gasteiger partial charge in [-0.1, -0.05) is 26.8 Å². The van der Waals surface area contributed by atoms with Crippen LogP contribution in [0.2, 0.25) is 18.1 Å². The summed E-state index contributed by atoms with van der Waals surface area (Å²) < 4.78 is 29.3. The van der Waals surface area contributed by atoms with Crippen molar-refractivity contribution in [3.05, 3.63) is 45.3 Å². The number of nitrogens with zero attached hydrogens (tertiary/aromatic N) is 2. The molecule has 1 aromatic rings. The minimum absolute atomic E-state index is 0.00762. The van der Waals surface area contributed by atoms with Gasteiger partial charge >= 0.3 is 5.69 Å². The minimum atomic E-state index is -2.14. The Morgan fingerprint density at radius 2 is 1.86 bits per heavy atom. The van der Waals surface area contributed by atoms with Gasteiger partial charge in [0.15, 0.2) is 8.32 Å². The topological polar surface area (TPSA) is 95.0 Å². The van der Waals surface area contributed by atoms with E-state index in [-0.39, 0.29) is 29.8 Å². The molecule has 1 aliphatic heterocycles. The molecule has 0 aliphatic carbocycles. The van der Waals surface area contributed by atoms with Crippen molar-refractivity contribution in [2.24, 2.45) is 0 Å². The van der Waals surface area contributed by atoms with E-state index in [0.29, 0.717) is 18.6 Å². The van der Waals surface area contributed by atoms with Crippen LogP contribution in [0.1, 0.15) is 66.7 Å². The lowest BCUT2D eigenvalue weighted by molar-refractivity contribution is -0.0412. The van der Waals surface area contributed by atoms with Gasteiger partial charge in [-0.05, 0) is 52.8 Å². The van der Waals surface area contributed by atoms with Crippen LogP contribution in [0.15, 0.2) is 28.4 Å². The minimum Gasteiger partial charge on any atom is -0.411 e. The van der Waals surface area contributed by atoms with Gasteiger partial charge in [0, 0.05) is 30.3 Å². The van der Waals surface area contributed by atoms with E-state index in [1.54, 1.807) is 19.2 Å². The number of aromatic nitrogens is 2. The molecule has 206 valence electrons. The number of H-pyrrole nitrogens is 1. The summed E-state index contributed by atoms with van der Waals surface area (Å²) in [6, 6.07) is 0.445. The number of rotatable bonds is 12. The highest BCUT2D eigenvalue weighted by molar-refractivity contribution is 7.44. The molecule has 1 aliphatic rings. The molecule has 1 saturated heterocycles. The zero-order valence-corrected chi connectivity index (χ0v) is 25.6. The molecule has 1 unspecified atom stereocenters. The average Bonchev–Trinajstić information content (AvgIpc) is 3.12. The third kappa shape index (κ3) is 7.69. The third-order valence-electron chi connectivity index (χ3n) is 6.79. The number of hydrogen-bond acceptors (Lipinski definition) is 7. The van der Waals surface area contributed by atoms with Crippen LogP contribution in [-0.2, 0) is 18.2 Å². The highest BCUT2D eigenvalue weighted by Gasteiger charge is 2.46. The summed E-state index contributed by atoms with van der Waals surface area (Å²) in [5.74, 6) is 0. The van der Waals surface area contributed by atoms with Crippen molar-refractivity contribution >= 4 is 16.8 Å². The largest absolute Gasteiger partial charge is 0.411 e. The summed E-state index contributed by atoms with van der Waals surface area (Å²) in [6.07, 6.45) is 2.52. The van der Waals surface area contributed by atoms with Crippen LogP contribution in [0, 0.1) is 6.92 Å². The van der Waals surface area contributed by atoms with Crippen molar-refractivity contribution in [2.75, 3.05) is 13.2 Å². The van der Waals surface area contributed by atoms with Crippen LogP contribution in [-0.4, -0.2) is 60.0 Å². The fourth-order valence-electron chi connectivity index (χ4n) is 3.90. The summed E-state index contributed by atoms with van der Waals surface area (Å²) in [6.45, 7) is 25.5. The van der Waals surface area contributed by atoms with Gasteiger partial charge in [-0.2, -0.15) is 0 Å². The van der Waals surface area contributed by atoms with E-state index >= 15 is 0 Å². The van der Waals surface area contributed by atoms with Crippen LogP contribution < -0.4 is 11.2 Å². The number of ether oxygens (including phenoxy) is 1. The number of nitrogens with one attached hydrogen (secondary N) is 1. The summed E-state index contributed by atoms with van der Waals surface area (Å²) in [5, 5.41) is 0.00762. The molecular weight excluding hydrogens is 497 g/mol. The van der Waals surface area contributed by atoms with Crippen LogP contribution in [0.25, 0.3) is 0 Å². The van der Waals surface area contributed by atoms with Crippen LogP contribution in [0.3, 0.4) is 0 Å². The van der Waals surface area contributed by atoms with Gasteiger partial charge in [-0.3, -0.25) is 14.3 Å². The van der Waals surface area contributed by atoms with Crippen LogP contribution >= 0.6 is 8.53 Å². The molecule has 1 aromatic heterocycles. The van der Waals surface area contributed by atoms with Crippen molar-refractivity contribution in [1.82, 2.24) is 14.2 Å². The first-order valence-corrected chi connectivity index (χ1v) is 16.7. The molecule has 9 nitrogen and oxygen atoms in total. The van der Waals surface area contributed by atoms with Gasteiger partial charge in [0.1, 0.15) is 12.3 Å². The number of hydrogen-bond donors (Lipinski definition) is 1. The fraction of sp³-hybridized carbons (Fsp3) is 0.760. The van der Waals surface area contributed by atoms with E-state index in [4.69, 9.17) is 18.2 Å². The van der Waals surface area contributed by atoms with Gasteiger partial charge in [-0.15, -0.1) is 6.58 Å². The van der Waals surface area contributed by atoms with Crippen molar-refractivity contribution in [1.29, 1.82) is 0 Å². The summed E-state index contributed by atoms with van der Waals surface area (Å²) in [7, 11) is -3.50. The lowest BCUT2D eigenvalue weighted by atomic mass is 10.2. The lowest BCUT2D eigenvalue weighted by Gasteiger charge is -2.40. The van der Waals surface area contributed by atoms with E-state index in [1.165, 1.54) is 4.57 Å². The molecular formula is C25H46N3O6PSi. The van der Waals surface area contributed by atoms with Crippen molar-refractivity contribution in [3.8, 4) is 0 Å². The van der Waals surface area contributed by atoms with Crippen LogP contribution in [0.4, 0.5) is 0 Å². The standard InChI is InChI=1S/C25H46N3O6PSi/c1-12-13-31-35(28(17(2)3)18(4)5)32-16-21-20(34-36(10,11)25(7,8)9)14-22(33-21)27-15-19(6)23(29)26-24(27)30/h12,15,17-18,20-22H,1,13-14,16H2,2-11H3,(H,26,29,30)/t20-,21+,22+,35?/m0/s1. The summed E-state index contributed by atoms with van der Waals surface area (Å²) in [5.41, 5.74) is -0.438. The van der Waals surface area contributed by atoms with Crippen LogP contribution in [0.5, 0.6) is 0 Å². The number of aryl methyl sites for hydroxylation is 1. The van der Waals surface area contributed by atoms with Crippen molar-refractivity contribution in [2.45, 2.75) is 110 Å². The smallest absolute Gasteiger partial charge is 0.330 e. The second-order valence-electron chi connectivity index (χ2n) is 11.4. The first kappa shape index (κ1) is 31.1. The Hall–Kier alpha value is -1.13. The van der Waals surface area contributed by atoms with Crippen molar-refractivity contribution < 1.29 is 18.2 Å². The fourth-order valence-corrected chi connectivity index (χ4v) is 6.86. The Morgan fingerprint density at radius 3 is 2.39 bits per heavy atom. The van der Waals surface area contributed by atoms with Gasteiger partial charge < -0.3 is 18.2 Å². The second-order valence-corrected chi connectivity index (χ2v) is 17.7. The van der Waals surface area contributed by atoms with Crippen molar-refractivity contribution in [3.63, 3.8) is 0 Å². The first-order valence-electron chi connectivity index (χ1n) is 12.7. The second kappa shape index (κ2) is 12.6. The highest BCUT2D eigenvalue weighted by atomic mass is 31.2. The van der Waals surface area contributed by atoms with E-state index in [9.17, 15) is 9.59 Å². The molecule has 0 aromatic carbocycles. The molecule has 0 bridgehead atoms. The zero-order valence-electron chi connectivity index (χ0n) is 23.7. The van der Waals surface area contributed by atoms with Gasteiger partial charge in [0.25, 0.3) is 14.1 Å². The van der Waals surface area contributed by atoms with Gasteiger partial charge in [0.2, 0.25) is 0 Å². The average molecular weight is 544 g/mol. The van der Waals surface area contributed by atoms with Gasteiger partial charge in [-0.25, -0.2) is 9.46 Å². The maximum absolute atomic E-state index is 12.6. The molecule has 0 saturated carbocycles. The number of aromatic amines is 1. The maximum atomic E-state index is 12.6. The molecule has 2 heterocycles. The Morgan fingerprint density at radius 1 is 1.25 bits per heavy atom. The van der Waals surface area contributed by atoms with E-state index in [1.807, 2.05) is 0 Å². The normalized spacial score (nSPS) is 22.1. The van der Waals surface area contributed by atoms with E-state index in [0.717, 1.165) is 0 Å². The predicted octanol–water partition coefficient (Wildman–Crippen LogP) is 5.09. The van der Waals surface area contributed by atoms with E-state index in [2.05, 4.69) is 77.8 Å². The van der Waals surface area contributed by atoms with Gasteiger partial charge in [0.05, 0.1) is 19.3 Å². The zero-order chi connectivity index (χ0) is 27.4. The molecule has 0 amide bonds. The summed E-state index contributed by atoms with van der Waals surface area (Å²) in [4.78, 5) is 26.9. The van der Waals surface area contributed by atoms with E-state index < -0.39 is 40.4 Å². The first-order chi connectivity index (χ1) is 16.6. The Labute approximate surface area is 218 Å². The Bertz CT molecular complexity index is 979. The molecule has 2 rings (SSSR count). The molecule has 11 heteroatoms. The molecule has 0 radical (unpaired) electrons. The Balaban J connectivity index is 2.34. The molecule has 36 heavy (non-hydrogen) atoms. The predicted molar refractivity (Wildman–Crippen MR) is 148 cm³/mol. The lowest BCUT2D eigenvalue weighted by Crippen LogP contribution is -2.46. The highest BCUT2D eigenvalue weighted by Crippen LogP contribution is 2.47. The Kier molecular flexibility index (Phi) is 10.9.